The van der Waals surface area contributed by atoms with Crippen LogP contribution in [-0.2, 0) is 11.3 Å². The molecule has 6 nitrogen and oxygen atoms in total. The van der Waals surface area contributed by atoms with Crippen molar-refractivity contribution in [1.29, 1.82) is 0 Å². The van der Waals surface area contributed by atoms with Gasteiger partial charge >= 0.3 is 0 Å². The van der Waals surface area contributed by atoms with E-state index >= 15 is 0 Å². The standard InChI is InChI=1S/C15H19N5O/c16-8-11-2-1-3-12(6-11)19-14-7-15(18-10-17-14)20-13-4-5-21-9-13/h1-3,6-7,10,13H,4-5,8-9,16H2,(H2,17,18,19,20). The van der Waals surface area contributed by atoms with Crippen LogP contribution in [0.4, 0.5) is 17.3 Å². The minimum atomic E-state index is 0.327. The van der Waals surface area contributed by atoms with Gasteiger partial charge in [-0.25, -0.2) is 9.97 Å². The molecule has 2 heterocycles. The first-order valence-corrected chi connectivity index (χ1v) is 7.06. The van der Waals surface area contributed by atoms with Crippen LogP contribution in [0.3, 0.4) is 0 Å². The molecule has 1 saturated heterocycles. The average molecular weight is 285 g/mol. The Balaban J connectivity index is 1.70. The maximum Gasteiger partial charge on any atom is 0.135 e. The van der Waals surface area contributed by atoms with E-state index in [2.05, 4.69) is 20.6 Å². The summed E-state index contributed by atoms with van der Waals surface area (Å²) in [6, 6.07) is 10.2. The first-order valence-electron chi connectivity index (χ1n) is 7.06. The van der Waals surface area contributed by atoms with E-state index in [1.54, 1.807) is 6.33 Å². The van der Waals surface area contributed by atoms with Crippen molar-refractivity contribution in [3.05, 3.63) is 42.2 Å². The molecule has 4 N–H and O–H groups in total. The summed E-state index contributed by atoms with van der Waals surface area (Å²) < 4.78 is 5.35. The van der Waals surface area contributed by atoms with Gasteiger partial charge in [-0.2, -0.15) is 0 Å². The molecule has 0 amide bonds. The molecule has 1 fully saturated rings. The fraction of sp³-hybridized carbons (Fsp3) is 0.333. The molecule has 3 rings (SSSR count). The molecule has 0 spiro atoms. The zero-order valence-electron chi connectivity index (χ0n) is 11.7. The highest BCUT2D eigenvalue weighted by Crippen LogP contribution is 2.18. The maximum absolute atomic E-state index is 5.65. The Labute approximate surface area is 123 Å². The number of hydrogen-bond acceptors (Lipinski definition) is 6. The van der Waals surface area contributed by atoms with Gasteiger partial charge in [0.15, 0.2) is 0 Å². The molecule has 2 aromatic rings. The molecule has 0 radical (unpaired) electrons. The van der Waals surface area contributed by atoms with Crippen molar-refractivity contribution in [3.8, 4) is 0 Å². The van der Waals surface area contributed by atoms with Crippen LogP contribution in [-0.4, -0.2) is 29.2 Å². The van der Waals surface area contributed by atoms with E-state index in [0.717, 1.165) is 42.5 Å². The molecule has 1 aromatic heterocycles. The highest BCUT2D eigenvalue weighted by Gasteiger charge is 2.15. The number of nitrogens with two attached hydrogens (primary N) is 1. The van der Waals surface area contributed by atoms with Crippen LogP contribution in [0.25, 0.3) is 0 Å². The zero-order chi connectivity index (χ0) is 14.5. The van der Waals surface area contributed by atoms with E-state index < -0.39 is 0 Å². The predicted molar refractivity (Wildman–Crippen MR) is 82.5 cm³/mol. The lowest BCUT2D eigenvalue weighted by Crippen LogP contribution is -2.19. The van der Waals surface area contributed by atoms with Crippen LogP contribution in [0.2, 0.25) is 0 Å². The lowest BCUT2D eigenvalue weighted by molar-refractivity contribution is 0.195. The molecule has 6 heteroatoms. The molecular formula is C15H19N5O. The monoisotopic (exact) mass is 285 g/mol. The fourth-order valence-corrected chi connectivity index (χ4v) is 2.29. The number of ether oxygens (including phenoxy) is 1. The molecule has 1 aliphatic rings. The van der Waals surface area contributed by atoms with Gasteiger partial charge < -0.3 is 21.1 Å². The highest BCUT2D eigenvalue weighted by atomic mass is 16.5. The van der Waals surface area contributed by atoms with Gasteiger partial charge in [-0.3, -0.25) is 0 Å². The third kappa shape index (κ3) is 3.68. The molecule has 21 heavy (non-hydrogen) atoms. The van der Waals surface area contributed by atoms with Crippen molar-refractivity contribution in [1.82, 2.24) is 9.97 Å². The molecular weight excluding hydrogens is 266 g/mol. The topological polar surface area (TPSA) is 85.1 Å². The normalized spacial score (nSPS) is 17.7. The van der Waals surface area contributed by atoms with Crippen molar-refractivity contribution in [2.75, 3.05) is 23.8 Å². The average Bonchev–Trinajstić information content (AvgIpc) is 3.01. The molecule has 1 unspecified atom stereocenters. The Kier molecular flexibility index (Phi) is 4.28. The number of aromatic nitrogens is 2. The van der Waals surface area contributed by atoms with E-state index in [-0.39, 0.29) is 0 Å². The van der Waals surface area contributed by atoms with Gasteiger partial charge in [0.05, 0.1) is 12.6 Å². The molecule has 1 atom stereocenters. The second-order valence-corrected chi connectivity index (χ2v) is 5.02. The van der Waals surface area contributed by atoms with E-state index in [9.17, 15) is 0 Å². The highest BCUT2D eigenvalue weighted by molar-refractivity contribution is 5.59. The summed E-state index contributed by atoms with van der Waals surface area (Å²) >= 11 is 0. The smallest absolute Gasteiger partial charge is 0.135 e. The van der Waals surface area contributed by atoms with E-state index in [1.165, 1.54) is 0 Å². The number of rotatable bonds is 5. The quantitative estimate of drug-likeness (QED) is 0.778. The summed E-state index contributed by atoms with van der Waals surface area (Å²) in [5.74, 6) is 1.55. The van der Waals surface area contributed by atoms with Gasteiger partial charge in [0.1, 0.15) is 18.0 Å². The van der Waals surface area contributed by atoms with Crippen LogP contribution in [0.1, 0.15) is 12.0 Å². The first-order chi connectivity index (χ1) is 10.3. The van der Waals surface area contributed by atoms with Crippen LogP contribution in [0.5, 0.6) is 0 Å². The summed E-state index contributed by atoms with van der Waals surface area (Å²) in [4.78, 5) is 8.48. The van der Waals surface area contributed by atoms with Gasteiger partial charge in [0.2, 0.25) is 0 Å². The maximum atomic E-state index is 5.65. The van der Waals surface area contributed by atoms with Crippen LogP contribution in [0, 0.1) is 0 Å². The van der Waals surface area contributed by atoms with Gasteiger partial charge in [0.25, 0.3) is 0 Å². The Morgan fingerprint density at radius 1 is 1.24 bits per heavy atom. The van der Waals surface area contributed by atoms with E-state index in [1.807, 2.05) is 30.3 Å². The molecule has 0 aliphatic carbocycles. The SMILES string of the molecule is NCc1cccc(Nc2cc(NC3CCOC3)ncn2)c1. The molecule has 1 aliphatic heterocycles. The van der Waals surface area contributed by atoms with E-state index in [0.29, 0.717) is 12.6 Å². The molecule has 110 valence electrons. The largest absolute Gasteiger partial charge is 0.379 e. The Morgan fingerprint density at radius 2 is 2.14 bits per heavy atom. The number of benzene rings is 1. The summed E-state index contributed by atoms with van der Waals surface area (Å²) in [5, 5.41) is 6.62. The van der Waals surface area contributed by atoms with E-state index in [4.69, 9.17) is 10.5 Å². The van der Waals surface area contributed by atoms with Crippen molar-refractivity contribution in [2.45, 2.75) is 19.0 Å². The van der Waals surface area contributed by atoms with Crippen LogP contribution >= 0.6 is 0 Å². The third-order valence-corrected chi connectivity index (χ3v) is 3.38. The van der Waals surface area contributed by atoms with Gasteiger partial charge in [-0.05, 0) is 24.1 Å². The zero-order valence-corrected chi connectivity index (χ0v) is 11.7. The Bertz CT molecular complexity index is 598. The Morgan fingerprint density at radius 3 is 2.95 bits per heavy atom. The van der Waals surface area contributed by atoms with Gasteiger partial charge in [-0.15, -0.1) is 0 Å². The fourth-order valence-electron chi connectivity index (χ4n) is 2.29. The molecule has 0 bridgehead atoms. The Hall–Kier alpha value is -2.18. The lowest BCUT2D eigenvalue weighted by atomic mass is 10.2. The van der Waals surface area contributed by atoms with Crippen LogP contribution in [0.15, 0.2) is 36.7 Å². The third-order valence-electron chi connectivity index (χ3n) is 3.38. The summed E-state index contributed by atoms with van der Waals surface area (Å²) in [5.41, 5.74) is 7.70. The van der Waals surface area contributed by atoms with Gasteiger partial charge in [0, 0.05) is 24.9 Å². The van der Waals surface area contributed by atoms with Crippen molar-refractivity contribution in [2.24, 2.45) is 5.73 Å². The van der Waals surface area contributed by atoms with Crippen LogP contribution < -0.4 is 16.4 Å². The minimum absolute atomic E-state index is 0.327. The first kappa shape index (κ1) is 13.8. The van der Waals surface area contributed by atoms with Gasteiger partial charge in [-0.1, -0.05) is 12.1 Å². The minimum Gasteiger partial charge on any atom is -0.379 e. The van der Waals surface area contributed by atoms with Crippen molar-refractivity contribution in [3.63, 3.8) is 0 Å². The molecule has 0 saturated carbocycles. The predicted octanol–water partition coefficient (Wildman–Crippen LogP) is 1.88. The summed E-state index contributed by atoms with van der Waals surface area (Å²) in [6.07, 6.45) is 2.55. The van der Waals surface area contributed by atoms with Crippen molar-refractivity contribution < 1.29 is 4.74 Å². The second kappa shape index (κ2) is 6.51. The lowest BCUT2D eigenvalue weighted by Gasteiger charge is -2.12. The second-order valence-electron chi connectivity index (χ2n) is 5.02. The van der Waals surface area contributed by atoms with Crippen molar-refractivity contribution >= 4 is 17.3 Å². The number of nitrogens with one attached hydrogen (secondary N) is 2. The summed E-state index contributed by atoms with van der Waals surface area (Å²) in [6.45, 7) is 2.05. The summed E-state index contributed by atoms with van der Waals surface area (Å²) in [7, 11) is 0. The molecule has 1 aromatic carbocycles. The number of hydrogen-bond donors (Lipinski definition) is 3. The number of anilines is 3. The number of nitrogens with zero attached hydrogens (tertiary/aromatic N) is 2.